The Hall–Kier alpha value is -2.45. The van der Waals surface area contributed by atoms with Crippen molar-refractivity contribution in [2.45, 2.75) is 6.18 Å². The molecule has 0 radical (unpaired) electrons. The molecule has 0 atom stereocenters. The van der Waals surface area contributed by atoms with E-state index in [2.05, 4.69) is 9.97 Å². The number of pyridine rings is 1. The Bertz CT molecular complexity index is 635. The van der Waals surface area contributed by atoms with Gasteiger partial charge in [0.2, 0.25) is 0 Å². The summed E-state index contributed by atoms with van der Waals surface area (Å²) in [7, 11) is 0. The molecule has 0 aliphatic carbocycles. The van der Waals surface area contributed by atoms with Gasteiger partial charge >= 0.3 is 6.18 Å². The lowest BCUT2D eigenvalue weighted by atomic mass is 10.3. The molecule has 2 N–H and O–H groups in total. The maximum absolute atomic E-state index is 13.5. The third-order valence-electron chi connectivity index (χ3n) is 2.16. The van der Waals surface area contributed by atoms with Gasteiger partial charge in [-0.2, -0.15) is 13.2 Å². The topological polar surface area (TPSA) is 73.8 Å². The van der Waals surface area contributed by atoms with Crippen LogP contribution in [0, 0.1) is 5.82 Å². The fraction of sp³-hybridized carbons (Fsp3) is 0.100. The second-order valence-corrected chi connectivity index (χ2v) is 3.57. The molecule has 100 valence electrons. The van der Waals surface area contributed by atoms with E-state index in [1.807, 2.05) is 0 Å². The molecule has 9 heteroatoms. The van der Waals surface area contributed by atoms with E-state index in [0.717, 1.165) is 29.4 Å². The predicted molar refractivity (Wildman–Crippen MR) is 56.1 cm³/mol. The minimum Gasteiger partial charge on any atom is -0.397 e. The number of halogens is 4. The van der Waals surface area contributed by atoms with Crippen LogP contribution in [0.15, 0.2) is 24.8 Å². The number of nitrogen functional groups attached to an aromatic ring is 1. The Balaban J connectivity index is 2.39. The van der Waals surface area contributed by atoms with Crippen LogP contribution in [-0.4, -0.2) is 26.5 Å². The van der Waals surface area contributed by atoms with Crippen LogP contribution in [0.25, 0.3) is 5.82 Å². The van der Waals surface area contributed by atoms with Gasteiger partial charge < -0.3 is 5.73 Å². The molecule has 0 unspecified atom stereocenters. The van der Waals surface area contributed by atoms with Gasteiger partial charge in [-0.05, 0) is 0 Å². The second-order valence-electron chi connectivity index (χ2n) is 3.57. The molecule has 0 aliphatic rings. The van der Waals surface area contributed by atoms with E-state index in [1.165, 1.54) is 0 Å². The first kappa shape index (κ1) is 13.0. The summed E-state index contributed by atoms with van der Waals surface area (Å²) in [5.74, 6) is -3.26. The number of ketones is 1. The molecular formula is C10H6F4N4O. The SMILES string of the molecule is Nc1cnc(-n2cnc(C(=O)C(F)(F)F)c2)c(F)c1. The van der Waals surface area contributed by atoms with Gasteiger partial charge in [-0.25, -0.2) is 14.4 Å². The maximum Gasteiger partial charge on any atom is 0.456 e. The number of nitrogens with two attached hydrogens (primary N) is 1. The Morgan fingerprint density at radius 1 is 1.32 bits per heavy atom. The van der Waals surface area contributed by atoms with E-state index < -0.39 is 23.5 Å². The summed E-state index contributed by atoms with van der Waals surface area (Å²) in [4.78, 5) is 17.8. The zero-order chi connectivity index (χ0) is 14.2. The lowest BCUT2D eigenvalue weighted by Crippen LogP contribution is -2.23. The van der Waals surface area contributed by atoms with Crippen LogP contribution in [0.1, 0.15) is 10.5 Å². The lowest BCUT2D eigenvalue weighted by molar-refractivity contribution is -0.0888. The third kappa shape index (κ3) is 2.54. The fourth-order valence-corrected chi connectivity index (χ4v) is 1.34. The number of anilines is 1. The highest BCUT2D eigenvalue weighted by Crippen LogP contribution is 2.21. The number of aromatic nitrogens is 3. The number of carbonyl (C=O) groups excluding carboxylic acids is 1. The van der Waals surface area contributed by atoms with Crippen LogP contribution in [0.5, 0.6) is 0 Å². The molecule has 0 bridgehead atoms. The fourth-order valence-electron chi connectivity index (χ4n) is 1.34. The highest BCUT2D eigenvalue weighted by Gasteiger charge is 2.40. The summed E-state index contributed by atoms with van der Waals surface area (Å²) in [5.41, 5.74) is 4.51. The Morgan fingerprint density at radius 3 is 2.58 bits per heavy atom. The first-order chi connectivity index (χ1) is 8.79. The number of rotatable bonds is 2. The number of nitrogens with zero attached hydrogens (tertiary/aromatic N) is 3. The van der Waals surface area contributed by atoms with Crippen molar-refractivity contribution in [1.29, 1.82) is 0 Å². The molecule has 0 aliphatic heterocycles. The molecule has 0 fully saturated rings. The molecule has 19 heavy (non-hydrogen) atoms. The molecule has 0 amide bonds. The summed E-state index contributed by atoms with van der Waals surface area (Å²) < 4.78 is 50.9. The third-order valence-corrected chi connectivity index (χ3v) is 2.16. The van der Waals surface area contributed by atoms with Crippen LogP contribution < -0.4 is 5.73 Å². The van der Waals surface area contributed by atoms with E-state index >= 15 is 0 Å². The molecule has 0 spiro atoms. The smallest absolute Gasteiger partial charge is 0.397 e. The van der Waals surface area contributed by atoms with Crippen LogP contribution in [0.3, 0.4) is 0 Å². The highest BCUT2D eigenvalue weighted by atomic mass is 19.4. The highest BCUT2D eigenvalue weighted by molar-refractivity contribution is 5.98. The predicted octanol–water partition coefficient (Wildman–Crippen LogP) is 1.73. The van der Waals surface area contributed by atoms with E-state index in [9.17, 15) is 22.4 Å². The Labute approximate surface area is 103 Å². The minimum absolute atomic E-state index is 0.0629. The molecule has 0 aromatic carbocycles. The zero-order valence-corrected chi connectivity index (χ0v) is 9.15. The Morgan fingerprint density at radius 2 is 2.00 bits per heavy atom. The quantitative estimate of drug-likeness (QED) is 0.668. The normalized spacial score (nSPS) is 11.6. The largest absolute Gasteiger partial charge is 0.456 e. The average Bonchev–Trinajstić information content (AvgIpc) is 2.75. The van der Waals surface area contributed by atoms with Crippen molar-refractivity contribution in [2.24, 2.45) is 0 Å². The van der Waals surface area contributed by atoms with Gasteiger partial charge in [0, 0.05) is 12.3 Å². The van der Waals surface area contributed by atoms with Gasteiger partial charge in [0.25, 0.3) is 5.78 Å². The molecule has 0 saturated carbocycles. The monoisotopic (exact) mass is 274 g/mol. The summed E-state index contributed by atoms with van der Waals surface area (Å²) in [6.45, 7) is 0. The zero-order valence-electron chi connectivity index (χ0n) is 9.15. The van der Waals surface area contributed by atoms with Crippen molar-refractivity contribution >= 4 is 11.5 Å². The van der Waals surface area contributed by atoms with Gasteiger partial charge in [0.15, 0.2) is 11.6 Å². The summed E-state index contributed by atoms with van der Waals surface area (Å²) in [6, 6.07) is 0.952. The van der Waals surface area contributed by atoms with Gasteiger partial charge in [-0.15, -0.1) is 0 Å². The Kier molecular flexibility index (Phi) is 2.97. The molecule has 2 rings (SSSR count). The van der Waals surface area contributed by atoms with Gasteiger partial charge in [-0.1, -0.05) is 0 Å². The number of hydrogen-bond donors (Lipinski definition) is 1. The standard InChI is InChI=1S/C10H6F4N4O/c11-6-1-5(15)2-16-9(6)18-3-7(17-4-18)8(19)10(12,13)14/h1-4H,15H2. The molecule has 0 saturated heterocycles. The van der Waals surface area contributed by atoms with Crippen molar-refractivity contribution in [3.63, 3.8) is 0 Å². The van der Waals surface area contributed by atoms with Crippen LogP contribution in [0.4, 0.5) is 23.2 Å². The van der Waals surface area contributed by atoms with Crippen molar-refractivity contribution < 1.29 is 22.4 Å². The molecule has 2 heterocycles. The summed E-state index contributed by atoms with van der Waals surface area (Å²) in [5, 5.41) is 0. The molecule has 2 aromatic heterocycles. The first-order valence-corrected chi connectivity index (χ1v) is 4.86. The van der Waals surface area contributed by atoms with Gasteiger partial charge in [0.05, 0.1) is 11.9 Å². The minimum atomic E-state index is -5.04. The van der Waals surface area contributed by atoms with Crippen LogP contribution in [-0.2, 0) is 0 Å². The van der Waals surface area contributed by atoms with E-state index in [0.29, 0.717) is 0 Å². The number of imidazole rings is 1. The van der Waals surface area contributed by atoms with Crippen molar-refractivity contribution in [2.75, 3.05) is 5.73 Å². The van der Waals surface area contributed by atoms with Crippen LogP contribution in [0.2, 0.25) is 0 Å². The van der Waals surface area contributed by atoms with Crippen LogP contribution >= 0.6 is 0 Å². The maximum atomic E-state index is 13.5. The molecule has 2 aromatic rings. The number of hydrogen-bond acceptors (Lipinski definition) is 4. The number of carbonyl (C=O) groups is 1. The summed E-state index contributed by atoms with van der Waals surface area (Å²) >= 11 is 0. The van der Waals surface area contributed by atoms with E-state index in [-0.39, 0.29) is 11.5 Å². The van der Waals surface area contributed by atoms with Gasteiger partial charge in [-0.3, -0.25) is 9.36 Å². The molecule has 5 nitrogen and oxygen atoms in total. The summed E-state index contributed by atoms with van der Waals surface area (Å²) in [6.07, 6.45) is -2.30. The van der Waals surface area contributed by atoms with Gasteiger partial charge in [0.1, 0.15) is 12.0 Å². The molecular weight excluding hydrogens is 268 g/mol. The number of alkyl halides is 3. The lowest BCUT2D eigenvalue weighted by Gasteiger charge is -2.03. The van der Waals surface area contributed by atoms with Crippen molar-refractivity contribution in [1.82, 2.24) is 14.5 Å². The second kappa shape index (κ2) is 4.34. The van der Waals surface area contributed by atoms with Crippen molar-refractivity contribution in [3.05, 3.63) is 36.3 Å². The van der Waals surface area contributed by atoms with E-state index in [1.54, 1.807) is 0 Å². The average molecular weight is 274 g/mol. The first-order valence-electron chi connectivity index (χ1n) is 4.86. The van der Waals surface area contributed by atoms with E-state index in [4.69, 9.17) is 5.73 Å². The van der Waals surface area contributed by atoms with Crippen molar-refractivity contribution in [3.8, 4) is 5.82 Å². The number of Topliss-reactive ketones (excluding diaryl/α,β-unsaturated/α-hetero) is 1.